The molecule has 1 N–H and O–H groups in total. The Kier molecular flexibility index (Phi) is 6.68. The molecule has 0 unspecified atom stereocenters. The zero-order chi connectivity index (χ0) is 20.9. The number of carbonyl (C=O) groups is 1. The number of carbonyl (C=O) groups excluding carboxylic acids is 1. The first-order valence-electron chi connectivity index (χ1n) is 9.38. The average Bonchev–Trinajstić information content (AvgIpc) is 2.75. The van der Waals surface area contributed by atoms with E-state index in [1.54, 1.807) is 36.0 Å². The number of piperidine rings is 1. The number of nitrogens with zero attached hydrogens (tertiary/aromatic N) is 1. The van der Waals surface area contributed by atoms with Crippen molar-refractivity contribution in [3.63, 3.8) is 0 Å². The lowest BCUT2D eigenvalue weighted by atomic mass is 9.94. The van der Waals surface area contributed by atoms with E-state index in [0.29, 0.717) is 19.6 Å². The van der Waals surface area contributed by atoms with Crippen LogP contribution in [-0.4, -0.2) is 50.7 Å². The number of hydrogen-bond donors (Lipinski definition) is 1. The molecule has 5 nitrogen and oxygen atoms in total. The molecule has 7 heteroatoms. The minimum atomic E-state index is -3.86. The molecule has 0 bridgehead atoms. The number of hydrogen-bond acceptors (Lipinski definition) is 5. The van der Waals surface area contributed by atoms with Gasteiger partial charge in [-0.25, -0.2) is 8.42 Å². The number of sulfone groups is 1. The number of nitrogens with one attached hydrogen (secondary N) is 1. The van der Waals surface area contributed by atoms with Gasteiger partial charge in [-0.1, -0.05) is 35.9 Å². The van der Waals surface area contributed by atoms with Crippen LogP contribution in [0.1, 0.15) is 12.8 Å². The molecule has 1 fully saturated rings. The van der Waals surface area contributed by atoms with Crippen LogP contribution in [0.25, 0.3) is 0 Å². The fourth-order valence-electron chi connectivity index (χ4n) is 3.58. The van der Waals surface area contributed by atoms with Crippen molar-refractivity contribution in [1.29, 1.82) is 0 Å². The first-order chi connectivity index (χ1) is 13.9. The number of likely N-dealkylation sites (tertiary alicyclic amines) is 1. The highest BCUT2D eigenvalue weighted by Gasteiger charge is 2.52. The Morgan fingerprint density at radius 1 is 1.10 bits per heavy atom. The van der Waals surface area contributed by atoms with Crippen LogP contribution in [0, 0.1) is 12.3 Å². The Morgan fingerprint density at radius 3 is 2.24 bits per heavy atom. The van der Waals surface area contributed by atoms with Gasteiger partial charge in [0, 0.05) is 29.9 Å². The van der Waals surface area contributed by atoms with Gasteiger partial charge >= 0.3 is 0 Å². The largest absolute Gasteiger partial charge is 0.358 e. The second-order valence-corrected chi connectivity index (χ2v) is 10.4. The van der Waals surface area contributed by atoms with E-state index in [-0.39, 0.29) is 17.7 Å². The predicted octanol–water partition coefficient (Wildman–Crippen LogP) is 2.83. The summed E-state index contributed by atoms with van der Waals surface area (Å²) in [6.45, 7) is 1.40. The highest BCUT2D eigenvalue weighted by atomic mass is 32.2. The van der Waals surface area contributed by atoms with E-state index < -0.39 is 20.5 Å². The second kappa shape index (κ2) is 9.04. The lowest BCUT2D eigenvalue weighted by molar-refractivity contribution is -0.124. The highest BCUT2D eigenvalue weighted by Crippen LogP contribution is 2.37. The second-order valence-electron chi connectivity index (χ2n) is 6.94. The maximum absolute atomic E-state index is 13.5. The third kappa shape index (κ3) is 4.35. The monoisotopic (exact) mass is 428 g/mol. The van der Waals surface area contributed by atoms with E-state index in [1.807, 2.05) is 35.2 Å². The first kappa shape index (κ1) is 21.4. The molecular weight excluding hydrogens is 404 g/mol. The van der Waals surface area contributed by atoms with Crippen molar-refractivity contribution >= 4 is 27.5 Å². The van der Waals surface area contributed by atoms with E-state index in [9.17, 15) is 13.2 Å². The number of amides is 1. The van der Waals surface area contributed by atoms with Gasteiger partial charge in [0.05, 0.1) is 11.4 Å². The molecule has 3 rings (SSSR count). The van der Waals surface area contributed by atoms with Crippen LogP contribution in [-0.2, 0) is 14.6 Å². The topological polar surface area (TPSA) is 66.5 Å². The predicted molar refractivity (Wildman–Crippen MR) is 115 cm³/mol. The summed E-state index contributed by atoms with van der Waals surface area (Å²) in [5.41, 5.74) is 0. The van der Waals surface area contributed by atoms with Gasteiger partial charge in [-0.3, -0.25) is 9.69 Å². The summed E-state index contributed by atoms with van der Waals surface area (Å²) in [6.07, 6.45) is 5.81. The van der Waals surface area contributed by atoms with Gasteiger partial charge in [0.15, 0.2) is 14.6 Å². The molecule has 1 aliphatic rings. The Balaban J connectivity index is 1.87. The zero-order valence-electron chi connectivity index (χ0n) is 16.3. The van der Waals surface area contributed by atoms with E-state index in [0.717, 1.165) is 9.79 Å². The molecule has 1 amide bonds. The van der Waals surface area contributed by atoms with Crippen LogP contribution >= 0.6 is 11.8 Å². The molecule has 0 spiro atoms. The molecule has 0 aromatic heterocycles. The van der Waals surface area contributed by atoms with Crippen LogP contribution < -0.4 is 5.32 Å². The van der Waals surface area contributed by atoms with E-state index >= 15 is 0 Å². The van der Waals surface area contributed by atoms with Gasteiger partial charge < -0.3 is 5.32 Å². The van der Waals surface area contributed by atoms with Gasteiger partial charge in [-0.2, -0.15) is 0 Å². The lowest BCUT2D eigenvalue weighted by Crippen LogP contribution is -2.57. The number of benzene rings is 2. The molecule has 152 valence electrons. The summed E-state index contributed by atoms with van der Waals surface area (Å²) in [4.78, 5) is 16.9. The molecule has 0 atom stereocenters. The number of rotatable bonds is 6. The van der Waals surface area contributed by atoms with E-state index in [2.05, 4.69) is 11.2 Å². The van der Waals surface area contributed by atoms with Crippen LogP contribution in [0.3, 0.4) is 0 Å². The summed E-state index contributed by atoms with van der Waals surface area (Å²) in [6, 6.07) is 16.6. The van der Waals surface area contributed by atoms with Crippen molar-refractivity contribution in [2.75, 3.05) is 26.7 Å². The van der Waals surface area contributed by atoms with E-state index in [4.69, 9.17) is 6.42 Å². The van der Waals surface area contributed by atoms with Gasteiger partial charge in [0.2, 0.25) is 5.91 Å². The summed E-state index contributed by atoms with van der Waals surface area (Å²) >= 11 is 1.56. The molecule has 1 saturated heterocycles. The quantitative estimate of drug-likeness (QED) is 0.717. The third-order valence-corrected chi connectivity index (χ3v) is 8.78. The molecule has 29 heavy (non-hydrogen) atoms. The molecule has 1 aliphatic heterocycles. The third-order valence-electron chi connectivity index (χ3n) is 5.25. The Morgan fingerprint density at radius 2 is 1.69 bits per heavy atom. The minimum absolute atomic E-state index is 0.170. The molecule has 0 aliphatic carbocycles. The molecule has 1 heterocycles. The van der Waals surface area contributed by atoms with Crippen molar-refractivity contribution in [2.24, 2.45) is 0 Å². The Hall–Kier alpha value is -2.27. The van der Waals surface area contributed by atoms with Crippen molar-refractivity contribution in [3.05, 3.63) is 54.6 Å². The Labute approximate surface area is 176 Å². The van der Waals surface area contributed by atoms with Crippen molar-refractivity contribution in [1.82, 2.24) is 10.2 Å². The fraction of sp³-hybridized carbons (Fsp3) is 0.318. The molecule has 0 saturated carbocycles. The summed E-state index contributed by atoms with van der Waals surface area (Å²) in [5.74, 6) is 2.12. The lowest BCUT2D eigenvalue weighted by Gasteiger charge is -2.39. The summed E-state index contributed by atoms with van der Waals surface area (Å²) < 4.78 is 25.6. The fourth-order valence-corrected chi connectivity index (χ4v) is 6.43. The van der Waals surface area contributed by atoms with Crippen molar-refractivity contribution in [2.45, 2.75) is 32.3 Å². The van der Waals surface area contributed by atoms with Crippen LogP contribution in [0.5, 0.6) is 0 Å². The maximum atomic E-state index is 13.5. The Bertz CT molecular complexity index is 989. The zero-order valence-corrected chi connectivity index (χ0v) is 17.9. The van der Waals surface area contributed by atoms with Crippen LogP contribution in [0.15, 0.2) is 69.3 Å². The number of terminal acetylenes is 1. The molecule has 2 aromatic rings. The summed E-state index contributed by atoms with van der Waals surface area (Å²) in [5, 5.41) is 2.56. The standard InChI is InChI=1S/C22H24N2O3S2/c1-3-15-24-16-13-22(14-17-24,21(25)23-2)29(26,27)20-11-9-19(10-12-20)28-18-7-5-4-6-8-18/h1,4-12H,13-17H2,2H3,(H,23,25). The maximum Gasteiger partial charge on any atom is 0.241 e. The van der Waals surface area contributed by atoms with Crippen molar-refractivity contribution < 1.29 is 13.2 Å². The molecular formula is C22H24N2O3S2. The van der Waals surface area contributed by atoms with Gasteiger partial charge in [0.1, 0.15) is 0 Å². The van der Waals surface area contributed by atoms with Crippen LogP contribution in [0.2, 0.25) is 0 Å². The SMILES string of the molecule is C#CCN1CCC(C(=O)NC)(S(=O)(=O)c2ccc(Sc3ccccc3)cc2)CC1. The highest BCUT2D eigenvalue weighted by molar-refractivity contribution is 7.99. The molecule has 2 aromatic carbocycles. The molecule has 0 radical (unpaired) electrons. The van der Waals surface area contributed by atoms with Gasteiger partial charge in [-0.15, -0.1) is 6.42 Å². The summed E-state index contributed by atoms with van der Waals surface area (Å²) in [7, 11) is -2.38. The van der Waals surface area contributed by atoms with Crippen molar-refractivity contribution in [3.8, 4) is 12.3 Å². The van der Waals surface area contributed by atoms with Gasteiger partial charge in [0.25, 0.3) is 0 Å². The van der Waals surface area contributed by atoms with Crippen LogP contribution in [0.4, 0.5) is 0 Å². The first-order valence-corrected chi connectivity index (χ1v) is 11.7. The van der Waals surface area contributed by atoms with Gasteiger partial charge in [-0.05, 0) is 49.2 Å². The minimum Gasteiger partial charge on any atom is -0.358 e. The van der Waals surface area contributed by atoms with E-state index in [1.165, 1.54) is 7.05 Å². The average molecular weight is 429 g/mol. The normalized spacial score (nSPS) is 16.7. The smallest absolute Gasteiger partial charge is 0.241 e.